The molecule has 0 saturated carbocycles. The topological polar surface area (TPSA) is 173 Å². The number of ether oxygens (including phenoxy) is 6. The minimum absolute atomic E-state index is 0.00523. The summed E-state index contributed by atoms with van der Waals surface area (Å²) in [5.41, 5.74) is 1.13. The maximum Gasteiger partial charge on any atom is 0.412 e. The molecule has 2 atom stereocenters. The summed E-state index contributed by atoms with van der Waals surface area (Å²) in [6.45, 7) is 42.8. The molecule has 408 valence electrons. The lowest BCUT2D eigenvalue weighted by Crippen LogP contribution is -2.46. The van der Waals surface area contributed by atoms with Gasteiger partial charge in [-0.15, -0.1) is 0 Å². The van der Waals surface area contributed by atoms with Crippen molar-refractivity contribution >= 4 is 52.0 Å². The number of rotatable bonds is 20. The molecule has 2 fully saturated rings. The van der Waals surface area contributed by atoms with E-state index in [1.165, 1.54) is 14.2 Å². The Labute approximate surface area is 438 Å². The molecule has 73 heavy (non-hydrogen) atoms. The van der Waals surface area contributed by atoms with E-state index in [9.17, 15) is 19.2 Å². The second kappa shape index (κ2) is 24.1. The van der Waals surface area contributed by atoms with Gasteiger partial charge in [-0.3, -0.25) is 20.2 Å². The first-order valence-corrected chi connectivity index (χ1v) is 31.3. The smallest absolute Gasteiger partial charge is 0.412 e. The number of unbranched alkanes of at least 4 members (excludes halogenated alkanes) is 2. The number of benzene rings is 2. The van der Waals surface area contributed by atoms with Gasteiger partial charge in [0, 0.05) is 25.2 Å². The van der Waals surface area contributed by atoms with Crippen molar-refractivity contribution in [3.63, 3.8) is 0 Å². The minimum Gasteiger partial charge on any atom is -0.493 e. The van der Waals surface area contributed by atoms with Crippen LogP contribution in [0.2, 0.25) is 36.3 Å². The number of hydrogen-bond donors (Lipinski definition) is 2. The van der Waals surface area contributed by atoms with E-state index in [0.717, 1.165) is 11.1 Å². The molecule has 2 heterocycles. The summed E-state index contributed by atoms with van der Waals surface area (Å²) in [4.78, 5) is 58.9. The molecule has 18 heteroatoms. The fourth-order valence-corrected chi connectivity index (χ4v) is 9.76. The lowest BCUT2D eigenvalue weighted by atomic mass is 10.1. The van der Waals surface area contributed by atoms with Gasteiger partial charge >= 0.3 is 12.2 Å². The molecule has 2 aliphatic heterocycles. The second-order valence-corrected chi connectivity index (χ2v) is 34.0. The Morgan fingerprint density at radius 3 is 1.21 bits per heavy atom. The molecule has 4 amide bonds. The van der Waals surface area contributed by atoms with Gasteiger partial charge in [-0.05, 0) is 122 Å². The summed E-state index contributed by atoms with van der Waals surface area (Å²) in [6.07, 6.45) is 1.70. The molecule has 2 N–H and O–H groups in total. The Balaban J connectivity index is 1.50. The van der Waals surface area contributed by atoms with Crippen LogP contribution in [0.1, 0.15) is 136 Å². The van der Waals surface area contributed by atoms with Crippen molar-refractivity contribution in [1.29, 1.82) is 0 Å². The summed E-state index contributed by atoms with van der Waals surface area (Å²) in [6, 6.07) is 5.91. The molecule has 0 aromatic heterocycles. The van der Waals surface area contributed by atoms with Crippen LogP contribution in [-0.4, -0.2) is 127 Å². The SMILES string of the molecule is C=C1C[C@@H](CO[Si](C)(C)C(C)(C)C)N(C(=O)c2cc(OC)c(OCCCCCOc3cc(NC(=O)OC(C)(C)C)c(C(=O)N4CC(=C)C[C@H]4CO[Si](C)(C)C(C)(C)C)cc3OC)cc2NC(=O)OC(C)(C)C)C1. The zero-order valence-corrected chi connectivity index (χ0v) is 49.4. The van der Waals surface area contributed by atoms with Crippen LogP contribution in [0.4, 0.5) is 21.0 Å². The van der Waals surface area contributed by atoms with E-state index >= 15 is 0 Å². The maximum atomic E-state index is 14.5. The van der Waals surface area contributed by atoms with Gasteiger partial charge in [0.15, 0.2) is 39.6 Å². The molecule has 16 nitrogen and oxygen atoms in total. The van der Waals surface area contributed by atoms with E-state index in [4.69, 9.17) is 37.3 Å². The van der Waals surface area contributed by atoms with Gasteiger partial charge in [0.05, 0.1) is 75.2 Å². The molecule has 4 rings (SSSR count). The molecule has 0 spiro atoms. The second-order valence-electron chi connectivity index (χ2n) is 24.3. The fourth-order valence-electron chi connectivity index (χ4n) is 7.68. The van der Waals surface area contributed by atoms with Crippen LogP contribution in [0.25, 0.3) is 0 Å². The van der Waals surface area contributed by atoms with E-state index in [0.29, 0.717) is 81.4 Å². The molecule has 2 saturated heterocycles. The van der Waals surface area contributed by atoms with Crippen LogP contribution >= 0.6 is 0 Å². The standard InChI is InChI=1S/C55H88N4O12Si2/c1-36-26-38(34-68-72(17,18)54(9,10)11)58(32-36)48(60)40-28-44(64-15)46(30-42(40)56-50(62)70-52(3,4)5)66-24-22-21-23-25-67-47-31-43(57-51(63)71-53(6,7)8)41(29-45(47)65-16)49(61)59-33-37(2)27-39(59)35-69-73(19,20)55(12,13)14/h28-31,38-39H,1-2,21-27,32-35H2,3-20H3,(H,56,62)(H,57,63)/t38-,39-/m0/s1. The third kappa shape index (κ3) is 17.0. The van der Waals surface area contributed by atoms with Crippen LogP contribution < -0.4 is 29.6 Å². The number of carbonyl (C=O) groups is 4. The summed E-state index contributed by atoms with van der Waals surface area (Å²) in [5.74, 6) is 0.700. The van der Waals surface area contributed by atoms with Crippen LogP contribution in [0.5, 0.6) is 23.0 Å². The highest BCUT2D eigenvalue weighted by atomic mass is 28.4. The van der Waals surface area contributed by atoms with Gasteiger partial charge in [-0.2, -0.15) is 0 Å². The van der Waals surface area contributed by atoms with Crippen LogP contribution in [-0.2, 0) is 18.3 Å². The molecule has 0 radical (unpaired) electrons. The zero-order chi connectivity index (χ0) is 55.1. The maximum absolute atomic E-state index is 14.5. The van der Waals surface area contributed by atoms with Crippen molar-refractivity contribution < 1.29 is 56.5 Å². The molecule has 2 aromatic carbocycles. The van der Waals surface area contributed by atoms with Gasteiger partial charge in [0.25, 0.3) is 11.8 Å². The Kier molecular flexibility index (Phi) is 20.0. The van der Waals surface area contributed by atoms with Crippen LogP contribution in [0.3, 0.4) is 0 Å². The number of nitrogens with one attached hydrogen (secondary N) is 2. The van der Waals surface area contributed by atoms with E-state index in [1.807, 2.05) is 0 Å². The van der Waals surface area contributed by atoms with Crippen LogP contribution in [0.15, 0.2) is 48.6 Å². The molecular weight excluding hydrogens is 965 g/mol. The molecule has 0 bridgehead atoms. The molecule has 0 aliphatic carbocycles. The predicted molar refractivity (Wildman–Crippen MR) is 294 cm³/mol. The zero-order valence-electron chi connectivity index (χ0n) is 47.4. The van der Waals surface area contributed by atoms with Crippen molar-refractivity contribution in [2.24, 2.45) is 0 Å². The number of amides is 4. The quantitative estimate of drug-likeness (QED) is 0.0731. The molecule has 2 aliphatic rings. The van der Waals surface area contributed by atoms with Crippen molar-refractivity contribution in [1.82, 2.24) is 9.80 Å². The Bertz CT molecular complexity index is 2160. The first kappa shape index (κ1) is 60.5. The van der Waals surface area contributed by atoms with Gasteiger partial charge in [0.2, 0.25) is 0 Å². The highest BCUT2D eigenvalue weighted by molar-refractivity contribution is 6.74. The van der Waals surface area contributed by atoms with Gasteiger partial charge in [-0.25, -0.2) is 9.59 Å². The third-order valence-corrected chi connectivity index (χ3v) is 22.8. The number of carbonyl (C=O) groups excluding carboxylic acids is 4. The van der Waals surface area contributed by atoms with Crippen molar-refractivity contribution in [3.8, 4) is 23.0 Å². The van der Waals surface area contributed by atoms with Crippen molar-refractivity contribution in [3.05, 3.63) is 59.7 Å². The summed E-state index contributed by atoms with van der Waals surface area (Å²) < 4.78 is 48.4. The number of methoxy groups -OCH3 is 2. The summed E-state index contributed by atoms with van der Waals surface area (Å²) in [7, 11) is -1.24. The Morgan fingerprint density at radius 1 is 0.562 bits per heavy atom. The first-order chi connectivity index (χ1) is 33.6. The number of anilines is 2. The van der Waals surface area contributed by atoms with E-state index in [2.05, 4.69) is 91.5 Å². The third-order valence-electron chi connectivity index (χ3n) is 13.8. The molecule has 0 unspecified atom stereocenters. The van der Waals surface area contributed by atoms with Crippen LogP contribution in [0, 0.1) is 0 Å². The average molecular weight is 1050 g/mol. The summed E-state index contributed by atoms with van der Waals surface area (Å²) >= 11 is 0. The largest absolute Gasteiger partial charge is 0.493 e. The first-order valence-electron chi connectivity index (χ1n) is 25.5. The lowest BCUT2D eigenvalue weighted by Gasteiger charge is -2.38. The Hall–Kier alpha value is -5.05. The molecule has 2 aromatic rings. The number of hydrogen-bond acceptors (Lipinski definition) is 12. The lowest BCUT2D eigenvalue weighted by molar-refractivity contribution is 0.0622. The average Bonchev–Trinajstić information content (AvgIpc) is 3.82. The summed E-state index contributed by atoms with van der Waals surface area (Å²) in [5, 5.41) is 5.59. The Morgan fingerprint density at radius 2 is 0.904 bits per heavy atom. The van der Waals surface area contributed by atoms with E-state index in [1.54, 1.807) is 75.6 Å². The van der Waals surface area contributed by atoms with Crippen molar-refractivity contribution in [2.45, 2.75) is 175 Å². The van der Waals surface area contributed by atoms with Gasteiger partial charge in [0.1, 0.15) is 11.2 Å². The normalized spacial score (nSPS) is 16.8. The highest BCUT2D eigenvalue weighted by Crippen LogP contribution is 2.41. The van der Waals surface area contributed by atoms with Crippen molar-refractivity contribution in [2.75, 3.05) is 64.4 Å². The molecular formula is C55H88N4O12Si2. The van der Waals surface area contributed by atoms with Gasteiger partial charge in [-0.1, -0.05) is 65.8 Å². The fraction of sp³-hybridized carbons (Fsp3) is 0.636. The number of likely N-dealkylation sites (tertiary alicyclic amines) is 2. The number of nitrogens with zero attached hydrogens (tertiary/aromatic N) is 2. The monoisotopic (exact) mass is 1050 g/mol. The predicted octanol–water partition coefficient (Wildman–Crippen LogP) is 12.6. The van der Waals surface area contributed by atoms with Gasteiger partial charge < -0.3 is 47.1 Å². The van der Waals surface area contributed by atoms with E-state index < -0.39 is 40.0 Å². The highest BCUT2D eigenvalue weighted by Gasteiger charge is 2.42. The minimum atomic E-state index is -2.12. The van der Waals surface area contributed by atoms with E-state index in [-0.39, 0.29) is 69.7 Å².